The molecular formula is C9H6BrClN2O. The Kier molecular flexibility index (Phi) is 2.56. The lowest BCUT2D eigenvalue weighted by Crippen LogP contribution is -1.88. The predicted octanol–water partition coefficient (Wildman–Crippen LogP) is 3.05. The van der Waals surface area contributed by atoms with Gasteiger partial charge < -0.3 is 4.74 Å². The van der Waals surface area contributed by atoms with Crippen molar-refractivity contribution in [1.82, 2.24) is 9.97 Å². The minimum atomic E-state index is 0.431. The van der Waals surface area contributed by atoms with E-state index in [0.29, 0.717) is 10.9 Å². The number of methoxy groups -OCH3 is 1. The van der Waals surface area contributed by atoms with Gasteiger partial charge in [0.2, 0.25) is 0 Å². The van der Waals surface area contributed by atoms with E-state index in [9.17, 15) is 0 Å². The molecule has 0 aliphatic rings. The van der Waals surface area contributed by atoms with Crippen molar-refractivity contribution in [2.45, 2.75) is 0 Å². The van der Waals surface area contributed by atoms with Crippen LogP contribution >= 0.6 is 27.5 Å². The van der Waals surface area contributed by atoms with Gasteiger partial charge in [0.05, 0.1) is 17.1 Å². The summed E-state index contributed by atoms with van der Waals surface area (Å²) >= 11 is 9.29. The quantitative estimate of drug-likeness (QED) is 0.749. The molecule has 5 heteroatoms. The normalized spacial score (nSPS) is 10.5. The molecule has 0 saturated carbocycles. The fourth-order valence-electron chi connectivity index (χ4n) is 1.18. The maximum Gasteiger partial charge on any atom is 0.140 e. The Labute approximate surface area is 94.2 Å². The van der Waals surface area contributed by atoms with Gasteiger partial charge in [-0.15, -0.1) is 0 Å². The molecule has 0 atom stereocenters. The van der Waals surface area contributed by atoms with Gasteiger partial charge in [0.1, 0.15) is 17.2 Å². The summed E-state index contributed by atoms with van der Waals surface area (Å²) < 4.78 is 6.00. The van der Waals surface area contributed by atoms with Crippen LogP contribution in [0.15, 0.2) is 22.9 Å². The molecule has 0 fully saturated rings. The number of fused-ring (bicyclic) bond motifs is 1. The third-order valence-corrected chi connectivity index (χ3v) is 2.78. The second-order valence-electron chi connectivity index (χ2n) is 2.67. The van der Waals surface area contributed by atoms with E-state index in [1.165, 1.54) is 6.33 Å². The zero-order chi connectivity index (χ0) is 10.1. The third-order valence-electron chi connectivity index (χ3n) is 1.86. The number of halogens is 2. The van der Waals surface area contributed by atoms with E-state index >= 15 is 0 Å². The number of aromatic nitrogens is 2. The lowest BCUT2D eigenvalue weighted by Gasteiger charge is -2.05. The van der Waals surface area contributed by atoms with Crippen molar-refractivity contribution in [2.24, 2.45) is 0 Å². The second kappa shape index (κ2) is 3.71. The van der Waals surface area contributed by atoms with Gasteiger partial charge in [0.15, 0.2) is 0 Å². The molecule has 0 amide bonds. The van der Waals surface area contributed by atoms with Crippen LogP contribution in [0.5, 0.6) is 5.75 Å². The molecule has 2 rings (SSSR count). The minimum Gasteiger partial charge on any atom is -0.496 e. The first-order valence-corrected chi connectivity index (χ1v) is 5.03. The number of nitrogens with zero attached hydrogens (tertiary/aromatic N) is 2. The van der Waals surface area contributed by atoms with Gasteiger partial charge in [0, 0.05) is 5.39 Å². The summed E-state index contributed by atoms with van der Waals surface area (Å²) in [5, 5.41) is 1.22. The van der Waals surface area contributed by atoms with E-state index in [1.54, 1.807) is 7.11 Å². The summed E-state index contributed by atoms with van der Waals surface area (Å²) in [7, 11) is 1.60. The first-order valence-electron chi connectivity index (χ1n) is 3.86. The molecule has 3 nitrogen and oxygen atoms in total. The molecule has 0 saturated heterocycles. The molecule has 0 N–H and O–H groups in total. The van der Waals surface area contributed by atoms with Crippen molar-refractivity contribution < 1.29 is 4.74 Å². The molecule has 1 aromatic heterocycles. The topological polar surface area (TPSA) is 35.0 Å². The van der Waals surface area contributed by atoms with Crippen LogP contribution in [0.3, 0.4) is 0 Å². The molecular weight excluding hydrogens is 267 g/mol. The molecule has 14 heavy (non-hydrogen) atoms. The van der Waals surface area contributed by atoms with Crippen molar-refractivity contribution in [2.75, 3.05) is 7.11 Å². The van der Waals surface area contributed by atoms with Crippen LogP contribution in [0.2, 0.25) is 5.15 Å². The van der Waals surface area contributed by atoms with Crippen LogP contribution in [0.1, 0.15) is 0 Å². The Morgan fingerprint density at radius 3 is 2.86 bits per heavy atom. The summed E-state index contributed by atoms with van der Waals surface area (Å²) in [5.41, 5.74) is 0.790. The average molecular weight is 274 g/mol. The fourth-order valence-corrected chi connectivity index (χ4v) is 1.87. The number of rotatable bonds is 1. The minimum absolute atomic E-state index is 0.431. The molecule has 1 heterocycles. The van der Waals surface area contributed by atoms with Crippen LogP contribution in [0.4, 0.5) is 0 Å². The molecule has 1 aromatic carbocycles. The van der Waals surface area contributed by atoms with Crippen LogP contribution in [-0.4, -0.2) is 17.1 Å². The largest absolute Gasteiger partial charge is 0.496 e. The SMILES string of the molecule is COc1cc2c(Cl)ncnc2cc1Br. The van der Waals surface area contributed by atoms with E-state index in [0.717, 1.165) is 15.4 Å². The lowest BCUT2D eigenvalue weighted by molar-refractivity contribution is 0.413. The van der Waals surface area contributed by atoms with Crippen LogP contribution in [-0.2, 0) is 0 Å². The third kappa shape index (κ3) is 1.55. The highest BCUT2D eigenvalue weighted by atomic mass is 79.9. The van der Waals surface area contributed by atoms with Crippen molar-refractivity contribution in [3.8, 4) is 5.75 Å². The summed E-state index contributed by atoms with van der Waals surface area (Å²) in [5.74, 6) is 0.717. The Morgan fingerprint density at radius 1 is 1.36 bits per heavy atom. The van der Waals surface area contributed by atoms with Gasteiger partial charge in [0.25, 0.3) is 0 Å². The highest BCUT2D eigenvalue weighted by Crippen LogP contribution is 2.31. The molecule has 0 radical (unpaired) electrons. The molecule has 2 aromatic rings. The number of hydrogen-bond donors (Lipinski definition) is 0. The van der Waals surface area contributed by atoms with E-state index < -0.39 is 0 Å². The highest BCUT2D eigenvalue weighted by molar-refractivity contribution is 9.10. The Morgan fingerprint density at radius 2 is 2.14 bits per heavy atom. The van der Waals surface area contributed by atoms with Crippen LogP contribution in [0, 0.1) is 0 Å². The maximum absolute atomic E-state index is 5.92. The monoisotopic (exact) mass is 272 g/mol. The van der Waals surface area contributed by atoms with E-state index in [1.807, 2.05) is 12.1 Å². The van der Waals surface area contributed by atoms with E-state index in [-0.39, 0.29) is 0 Å². The fraction of sp³-hybridized carbons (Fsp3) is 0.111. The van der Waals surface area contributed by atoms with Crippen LogP contribution < -0.4 is 4.74 Å². The first kappa shape index (κ1) is 9.68. The molecule has 0 spiro atoms. The van der Waals surface area contributed by atoms with Gasteiger partial charge in [-0.1, -0.05) is 11.6 Å². The molecule has 72 valence electrons. The van der Waals surface area contributed by atoms with Crippen molar-refractivity contribution in [3.05, 3.63) is 28.1 Å². The zero-order valence-corrected chi connectivity index (χ0v) is 9.63. The van der Waals surface area contributed by atoms with E-state index in [2.05, 4.69) is 25.9 Å². The summed E-state index contributed by atoms with van der Waals surface area (Å²) in [6, 6.07) is 3.66. The maximum atomic E-state index is 5.92. The lowest BCUT2D eigenvalue weighted by atomic mass is 10.2. The summed E-state index contributed by atoms with van der Waals surface area (Å²) in [6.07, 6.45) is 1.43. The number of ether oxygens (including phenoxy) is 1. The molecule has 0 bridgehead atoms. The Hall–Kier alpha value is -0.870. The summed E-state index contributed by atoms with van der Waals surface area (Å²) in [6.45, 7) is 0. The molecule has 0 aliphatic carbocycles. The second-order valence-corrected chi connectivity index (χ2v) is 3.88. The van der Waals surface area contributed by atoms with Crippen molar-refractivity contribution in [1.29, 1.82) is 0 Å². The van der Waals surface area contributed by atoms with Gasteiger partial charge in [-0.2, -0.15) is 0 Å². The predicted molar refractivity (Wildman–Crippen MR) is 58.8 cm³/mol. The van der Waals surface area contributed by atoms with Crippen molar-refractivity contribution >= 4 is 38.4 Å². The number of benzene rings is 1. The van der Waals surface area contributed by atoms with Gasteiger partial charge in [-0.05, 0) is 28.1 Å². The Bertz CT molecular complexity index is 489. The standard InChI is InChI=1S/C9H6BrClN2O/c1-14-8-2-5-7(3-6(8)10)12-4-13-9(5)11/h2-4H,1H3. The van der Waals surface area contributed by atoms with Gasteiger partial charge in [-0.25, -0.2) is 9.97 Å². The summed E-state index contributed by atoms with van der Waals surface area (Å²) in [4.78, 5) is 7.99. The zero-order valence-electron chi connectivity index (χ0n) is 7.29. The van der Waals surface area contributed by atoms with Gasteiger partial charge >= 0.3 is 0 Å². The smallest absolute Gasteiger partial charge is 0.140 e. The van der Waals surface area contributed by atoms with Gasteiger partial charge in [-0.3, -0.25) is 0 Å². The van der Waals surface area contributed by atoms with Crippen molar-refractivity contribution in [3.63, 3.8) is 0 Å². The van der Waals surface area contributed by atoms with E-state index in [4.69, 9.17) is 16.3 Å². The average Bonchev–Trinajstić information content (AvgIpc) is 2.17. The highest BCUT2D eigenvalue weighted by Gasteiger charge is 2.06. The molecule has 0 unspecified atom stereocenters. The Balaban J connectivity index is 2.80. The molecule has 0 aliphatic heterocycles. The first-order chi connectivity index (χ1) is 6.72. The number of hydrogen-bond acceptors (Lipinski definition) is 3. The van der Waals surface area contributed by atoms with Crippen LogP contribution in [0.25, 0.3) is 10.9 Å².